The van der Waals surface area contributed by atoms with Gasteiger partial charge in [-0.15, -0.1) is 0 Å². The van der Waals surface area contributed by atoms with Crippen molar-refractivity contribution in [2.24, 2.45) is 5.92 Å². The predicted molar refractivity (Wildman–Crippen MR) is 69.0 cm³/mol. The number of hydrogen-bond acceptors (Lipinski definition) is 3. The molecule has 0 amide bonds. The lowest BCUT2D eigenvalue weighted by molar-refractivity contribution is 0.249. The summed E-state index contributed by atoms with van der Waals surface area (Å²) < 4.78 is 1.81. The summed E-state index contributed by atoms with van der Waals surface area (Å²) in [4.78, 5) is 4.23. The van der Waals surface area contributed by atoms with E-state index in [-0.39, 0.29) is 12.6 Å². The fourth-order valence-electron chi connectivity index (χ4n) is 1.12. The zero-order valence-electron chi connectivity index (χ0n) is 8.67. The third kappa shape index (κ3) is 3.74. The molecule has 0 fully saturated rings. The third-order valence-corrected chi connectivity index (χ3v) is 3.17. The maximum atomic E-state index is 9.19. The van der Waals surface area contributed by atoms with Crippen molar-refractivity contribution in [2.45, 2.75) is 19.9 Å². The highest BCUT2D eigenvalue weighted by Crippen LogP contribution is 2.24. The van der Waals surface area contributed by atoms with E-state index in [1.165, 1.54) is 0 Å². The number of aliphatic hydroxyl groups excluding tert-OH is 1. The van der Waals surface area contributed by atoms with Gasteiger partial charge in [0.25, 0.3) is 0 Å². The molecule has 0 aliphatic rings. The van der Waals surface area contributed by atoms with Crippen LogP contribution in [0.4, 0.5) is 5.82 Å². The van der Waals surface area contributed by atoms with Gasteiger partial charge in [-0.2, -0.15) is 0 Å². The van der Waals surface area contributed by atoms with E-state index in [2.05, 4.69) is 56.0 Å². The molecule has 1 rings (SSSR count). The summed E-state index contributed by atoms with van der Waals surface area (Å²) >= 11 is 6.76. The normalized spacial score (nSPS) is 12.9. The highest BCUT2D eigenvalue weighted by Gasteiger charge is 2.13. The molecule has 1 heterocycles. The van der Waals surface area contributed by atoms with E-state index in [9.17, 15) is 5.11 Å². The average Bonchev–Trinajstić information content (AvgIpc) is 2.16. The van der Waals surface area contributed by atoms with E-state index in [1.54, 1.807) is 6.20 Å². The number of rotatable bonds is 4. The van der Waals surface area contributed by atoms with Crippen molar-refractivity contribution in [3.8, 4) is 0 Å². The Labute approximate surface area is 107 Å². The van der Waals surface area contributed by atoms with Crippen LogP contribution < -0.4 is 5.32 Å². The number of hydrogen-bond donors (Lipinski definition) is 2. The number of aliphatic hydroxyl groups is 1. The molecule has 0 bridgehead atoms. The van der Waals surface area contributed by atoms with Crippen LogP contribution in [-0.2, 0) is 0 Å². The van der Waals surface area contributed by atoms with Crippen LogP contribution in [0.3, 0.4) is 0 Å². The lowest BCUT2D eigenvalue weighted by Gasteiger charge is -2.21. The molecule has 2 N–H and O–H groups in total. The van der Waals surface area contributed by atoms with Gasteiger partial charge < -0.3 is 10.4 Å². The minimum Gasteiger partial charge on any atom is -0.394 e. The Hall–Kier alpha value is -0.130. The van der Waals surface area contributed by atoms with Gasteiger partial charge in [0.05, 0.1) is 17.1 Å². The molecule has 1 aromatic heterocycles. The second-order valence-electron chi connectivity index (χ2n) is 3.66. The number of nitrogens with one attached hydrogen (secondary N) is 1. The minimum atomic E-state index is 0.0231. The SMILES string of the molecule is CC(C)C(CO)Nc1ncc(Br)cc1Br. The van der Waals surface area contributed by atoms with Gasteiger partial charge in [-0.25, -0.2) is 4.98 Å². The molecule has 5 heteroatoms. The van der Waals surface area contributed by atoms with Crippen molar-refractivity contribution in [1.82, 2.24) is 4.98 Å². The van der Waals surface area contributed by atoms with Gasteiger partial charge in [0.1, 0.15) is 5.82 Å². The maximum Gasteiger partial charge on any atom is 0.140 e. The lowest BCUT2D eigenvalue weighted by Crippen LogP contribution is -2.29. The molecule has 84 valence electrons. The van der Waals surface area contributed by atoms with Crippen molar-refractivity contribution in [1.29, 1.82) is 0 Å². The Bertz CT molecular complexity index is 331. The molecule has 0 spiro atoms. The number of aromatic nitrogens is 1. The Morgan fingerprint density at radius 3 is 2.60 bits per heavy atom. The summed E-state index contributed by atoms with van der Waals surface area (Å²) in [6.45, 7) is 4.21. The third-order valence-electron chi connectivity index (χ3n) is 2.13. The molecule has 3 nitrogen and oxygen atoms in total. The van der Waals surface area contributed by atoms with Gasteiger partial charge in [0.2, 0.25) is 0 Å². The lowest BCUT2D eigenvalue weighted by atomic mass is 10.1. The van der Waals surface area contributed by atoms with Crippen molar-refractivity contribution in [3.05, 3.63) is 21.2 Å². The number of halogens is 2. The molecule has 0 radical (unpaired) electrons. The van der Waals surface area contributed by atoms with E-state index in [0.29, 0.717) is 5.92 Å². The first-order valence-corrected chi connectivity index (χ1v) is 6.31. The van der Waals surface area contributed by atoms with Crippen LogP contribution in [0.2, 0.25) is 0 Å². The molecule has 1 aromatic rings. The number of pyridine rings is 1. The summed E-state index contributed by atoms with van der Waals surface area (Å²) in [6, 6.07) is 1.94. The van der Waals surface area contributed by atoms with Crippen molar-refractivity contribution in [2.75, 3.05) is 11.9 Å². The van der Waals surface area contributed by atoms with Crippen LogP contribution in [0.1, 0.15) is 13.8 Å². The quantitative estimate of drug-likeness (QED) is 0.887. The first-order chi connectivity index (χ1) is 7.04. The Kier molecular flexibility index (Phi) is 5.02. The maximum absolute atomic E-state index is 9.19. The largest absolute Gasteiger partial charge is 0.394 e. The summed E-state index contributed by atoms with van der Waals surface area (Å²) in [6.07, 6.45) is 1.72. The van der Waals surface area contributed by atoms with Crippen molar-refractivity contribution >= 4 is 37.7 Å². The monoisotopic (exact) mass is 336 g/mol. The predicted octanol–water partition coefficient (Wildman–Crippen LogP) is 3.04. The van der Waals surface area contributed by atoms with Crippen LogP contribution in [-0.4, -0.2) is 22.7 Å². The Morgan fingerprint density at radius 1 is 1.47 bits per heavy atom. The van der Waals surface area contributed by atoms with Crippen LogP contribution >= 0.6 is 31.9 Å². The Morgan fingerprint density at radius 2 is 2.13 bits per heavy atom. The molecule has 0 saturated carbocycles. The van der Waals surface area contributed by atoms with E-state index in [4.69, 9.17) is 0 Å². The second kappa shape index (κ2) is 5.82. The van der Waals surface area contributed by atoms with Gasteiger partial charge >= 0.3 is 0 Å². The molecule has 15 heavy (non-hydrogen) atoms. The highest BCUT2D eigenvalue weighted by atomic mass is 79.9. The van der Waals surface area contributed by atoms with Gasteiger partial charge in [-0.05, 0) is 43.8 Å². The fourth-order valence-corrected chi connectivity index (χ4v) is 2.22. The van der Waals surface area contributed by atoms with E-state index in [0.717, 1.165) is 14.8 Å². The summed E-state index contributed by atoms with van der Waals surface area (Å²) in [7, 11) is 0. The summed E-state index contributed by atoms with van der Waals surface area (Å²) in [5.74, 6) is 1.11. The van der Waals surface area contributed by atoms with Crippen molar-refractivity contribution < 1.29 is 5.11 Å². The fraction of sp³-hybridized carbons (Fsp3) is 0.500. The molecular weight excluding hydrogens is 324 g/mol. The van der Waals surface area contributed by atoms with Crippen LogP contribution in [0, 0.1) is 5.92 Å². The van der Waals surface area contributed by atoms with Gasteiger partial charge in [-0.1, -0.05) is 13.8 Å². The zero-order valence-corrected chi connectivity index (χ0v) is 11.8. The first kappa shape index (κ1) is 12.9. The van der Waals surface area contributed by atoms with E-state index >= 15 is 0 Å². The molecule has 0 aromatic carbocycles. The standard InChI is InChI=1S/C10H14Br2N2O/c1-6(2)9(5-15)14-10-8(12)3-7(11)4-13-10/h3-4,6,9,15H,5H2,1-2H3,(H,13,14). The average molecular weight is 338 g/mol. The molecular formula is C10H14Br2N2O. The zero-order chi connectivity index (χ0) is 11.4. The number of nitrogens with zero attached hydrogens (tertiary/aromatic N) is 1. The van der Waals surface area contributed by atoms with Crippen molar-refractivity contribution in [3.63, 3.8) is 0 Å². The summed E-state index contributed by atoms with van der Waals surface area (Å²) in [5, 5.41) is 12.4. The van der Waals surface area contributed by atoms with Crippen LogP contribution in [0.5, 0.6) is 0 Å². The van der Waals surface area contributed by atoms with Gasteiger partial charge in [0, 0.05) is 10.7 Å². The Balaban J connectivity index is 2.79. The molecule has 1 unspecified atom stereocenters. The molecule has 1 atom stereocenters. The smallest absolute Gasteiger partial charge is 0.140 e. The second-order valence-corrected chi connectivity index (χ2v) is 5.43. The van der Waals surface area contributed by atoms with E-state index < -0.39 is 0 Å². The molecule has 0 aliphatic heterocycles. The molecule has 0 saturated heterocycles. The van der Waals surface area contributed by atoms with Gasteiger partial charge in [0.15, 0.2) is 0 Å². The topological polar surface area (TPSA) is 45.1 Å². The van der Waals surface area contributed by atoms with Gasteiger partial charge in [-0.3, -0.25) is 0 Å². The molecule has 0 aliphatic carbocycles. The summed E-state index contributed by atoms with van der Waals surface area (Å²) in [5.41, 5.74) is 0. The first-order valence-electron chi connectivity index (χ1n) is 4.73. The number of anilines is 1. The minimum absolute atomic E-state index is 0.0231. The highest BCUT2D eigenvalue weighted by molar-refractivity contribution is 9.11. The van der Waals surface area contributed by atoms with Crippen LogP contribution in [0.15, 0.2) is 21.2 Å². The van der Waals surface area contributed by atoms with Crippen LogP contribution in [0.25, 0.3) is 0 Å². The van der Waals surface area contributed by atoms with E-state index in [1.807, 2.05) is 6.07 Å².